The van der Waals surface area contributed by atoms with Crippen molar-refractivity contribution < 1.29 is 37.3 Å². The molecule has 5 rings (SSSR count). The molecule has 2 N–H and O–H groups in total. The Morgan fingerprint density at radius 1 is 0.793 bits per heavy atom. The van der Waals surface area contributed by atoms with Gasteiger partial charge in [0.15, 0.2) is 15.6 Å². The third kappa shape index (κ3) is 11.4. The molecule has 3 saturated carbocycles. The van der Waals surface area contributed by atoms with Crippen molar-refractivity contribution in [3.8, 4) is 17.2 Å². The van der Waals surface area contributed by atoms with Crippen LogP contribution in [0.1, 0.15) is 132 Å². The molecule has 0 aliphatic heterocycles. The molecule has 1 aromatic rings. The second-order valence-electron chi connectivity index (χ2n) is 19.2. The van der Waals surface area contributed by atoms with E-state index in [4.69, 9.17) is 18.9 Å². The van der Waals surface area contributed by atoms with Crippen molar-refractivity contribution in [1.82, 2.24) is 5.32 Å². The largest absolute Gasteiger partial charge is 0.494 e. The van der Waals surface area contributed by atoms with E-state index in [9.17, 15) is 18.3 Å². The summed E-state index contributed by atoms with van der Waals surface area (Å²) >= 11 is 0. The predicted molar refractivity (Wildman–Crippen MR) is 233 cm³/mol. The van der Waals surface area contributed by atoms with Gasteiger partial charge in [-0.25, -0.2) is 8.42 Å². The monoisotopic (exact) mass is 824 g/mol. The number of hydrogen-bond acceptors (Lipinski definition) is 8. The van der Waals surface area contributed by atoms with Crippen LogP contribution in [0.15, 0.2) is 52.1 Å². The second-order valence-corrected chi connectivity index (χ2v) is 21.1. The Labute approximate surface area is 350 Å². The number of benzene rings is 1. The van der Waals surface area contributed by atoms with E-state index in [2.05, 4.69) is 74.2 Å². The third-order valence-electron chi connectivity index (χ3n) is 13.4. The van der Waals surface area contributed by atoms with Crippen molar-refractivity contribution in [2.24, 2.45) is 53.3 Å². The Bertz CT molecular complexity index is 1750. The first-order valence-corrected chi connectivity index (χ1v) is 23.6. The number of allylic oxidation sites excluding steroid dienone is 3. The lowest BCUT2D eigenvalue weighted by molar-refractivity contribution is -0.135. The molecule has 0 radical (unpaired) electrons. The van der Waals surface area contributed by atoms with Crippen molar-refractivity contribution in [2.45, 2.75) is 145 Å². The van der Waals surface area contributed by atoms with Crippen LogP contribution in [0, 0.1) is 53.3 Å². The number of rotatable bonds is 16. The lowest BCUT2D eigenvalue weighted by Crippen LogP contribution is -2.37. The molecule has 0 bridgehead atoms. The van der Waals surface area contributed by atoms with Gasteiger partial charge in [-0.15, -0.1) is 0 Å². The summed E-state index contributed by atoms with van der Waals surface area (Å²) in [6.07, 6.45) is 12.7. The quantitative estimate of drug-likeness (QED) is 0.168. The molecule has 9 unspecified atom stereocenters. The smallest absolute Gasteiger partial charge is 0.322 e. The van der Waals surface area contributed by atoms with Gasteiger partial charge < -0.3 is 29.4 Å². The molecule has 9 nitrogen and oxygen atoms in total. The SMILES string of the molecule is C=C1C=C(NCC(=O)O)C(OC)=C(S(=O)(=O)C=Cc2c(OC3CC(C)CCC3C(C)C)cc(OC3CC(C)CCC3C(C)C)cc2OC2CC(C)CCC2C(C)C)C1. The highest BCUT2D eigenvalue weighted by atomic mass is 32.2. The van der Waals surface area contributed by atoms with Gasteiger partial charge in [0, 0.05) is 24.0 Å². The number of nitrogens with one attached hydrogen (secondary N) is 1. The summed E-state index contributed by atoms with van der Waals surface area (Å²) in [5.41, 5.74) is 1.35. The number of sulfone groups is 1. The highest BCUT2D eigenvalue weighted by molar-refractivity contribution is 7.98. The van der Waals surface area contributed by atoms with Crippen LogP contribution in [0.5, 0.6) is 17.2 Å². The van der Waals surface area contributed by atoms with Crippen LogP contribution in [0.2, 0.25) is 0 Å². The molecule has 4 aliphatic rings. The average molecular weight is 824 g/mol. The zero-order chi connectivity index (χ0) is 42.5. The minimum atomic E-state index is -4.13. The summed E-state index contributed by atoms with van der Waals surface area (Å²) in [6.45, 7) is 24.1. The number of methoxy groups -OCH3 is 1. The van der Waals surface area contributed by atoms with Gasteiger partial charge in [-0.1, -0.05) is 88.2 Å². The predicted octanol–water partition coefficient (Wildman–Crippen LogP) is 11.0. The first-order valence-electron chi connectivity index (χ1n) is 22.1. The first-order chi connectivity index (χ1) is 27.4. The summed E-state index contributed by atoms with van der Waals surface area (Å²) in [5, 5.41) is 13.4. The van der Waals surface area contributed by atoms with Gasteiger partial charge in [0.05, 0.1) is 23.3 Å². The number of aliphatic carboxylic acids is 1. The topological polar surface area (TPSA) is 120 Å². The summed E-state index contributed by atoms with van der Waals surface area (Å²) in [7, 11) is -2.74. The summed E-state index contributed by atoms with van der Waals surface area (Å²) < 4.78 is 55.9. The van der Waals surface area contributed by atoms with E-state index in [1.54, 1.807) is 12.2 Å². The maximum absolute atomic E-state index is 14.4. The zero-order valence-electron chi connectivity index (χ0n) is 37.0. The van der Waals surface area contributed by atoms with Crippen LogP contribution in [-0.4, -0.2) is 51.5 Å². The van der Waals surface area contributed by atoms with Gasteiger partial charge in [0.25, 0.3) is 0 Å². The Morgan fingerprint density at radius 3 is 1.66 bits per heavy atom. The van der Waals surface area contributed by atoms with Crippen LogP contribution in [0.3, 0.4) is 0 Å². The maximum Gasteiger partial charge on any atom is 0.322 e. The fraction of sp³-hybridized carbons (Fsp3) is 0.688. The molecule has 10 heteroatoms. The van der Waals surface area contributed by atoms with E-state index in [1.807, 2.05) is 12.1 Å². The average Bonchev–Trinajstić information content (AvgIpc) is 3.13. The molecule has 1 aromatic carbocycles. The van der Waals surface area contributed by atoms with Crippen molar-refractivity contribution in [1.29, 1.82) is 0 Å². The molecule has 3 fully saturated rings. The number of carboxylic acid groups (broad SMARTS) is 1. The lowest BCUT2D eigenvalue weighted by Gasteiger charge is -2.39. The van der Waals surface area contributed by atoms with Gasteiger partial charge in [-0.3, -0.25) is 4.79 Å². The van der Waals surface area contributed by atoms with Gasteiger partial charge in [-0.05, 0) is 110 Å². The Hall–Kier alpha value is -3.40. The van der Waals surface area contributed by atoms with Crippen LogP contribution in [-0.2, 0) is 19.4 Å². The number of carboxylic acids is 1. The highest BCUT2D eigenvalue weighted by Gasteiger charge is 2.37. The van der Waals surface area contributed by atoms with E-state index in [-0.39, 0.29) is 41.1 Å². The van der Waals surface area contributed by atoms with Crippen molar-refractivity contribution in [3.63, 3.8) is 0 Å². The first kappa shape index (κ1) is 45.7. The van der Waals surface area contributed by atoms with Crippen molar-refractivity contribution in [2.75, 3.05) is 13.7 Å². The van der Waals surface area contributed by atoms with E-state index in [0.29, 0.717) is 81.6 Å². The highest BCUT2D eigenvalue weighted by Crippen LogP contribution is 2.45. The van der Waals surface area contributed by atoms with E-state index >= 15 is 0 Å². The summed E-state index contributed by atoms with van der Waals surface area (Å²) in [5.74, 6) is 4.75. The standard InChI is InChI=1S/C48H73NO8S/c1-28(2)36-15-12-31(7)21-41(36)55-35-25-44(56-42-22-32(8)13-16-37(42)29(3)4)39(45(26-35)57-43-23-33(9)14-17-38(43)30(5)6)18-19-58(52,53)46-24-34(10)20-40(48(46)54-11)49-27-47(50)51/h18-20,25-26,28-33,36-38,41-43,49H,10,12-17,21-24,27H2,1-9,11H3,(H,50,51). The Balaban J connectivity index is 1.68. The molecule has 0 heterocycles. The molecule has 58 heavy (non-hydrogen) atoms. The summed E-state index contributed by atoms with van der Waals surface area (Å²) in [4.78, 5) is 11.4. The van der Waals surface area contributed by atoms with Gasteiger partial charge in [-0.2, -0.15) is 0 Å². The molecule has 0 amide bonds. The number of hydrogen-bond donors (Lipinski definition) is 2. The molecule has 0 aromatic heterocycles. The number of ether oxygens (including phenoxy) is 4. The van der Waals surface area contributed by atoms with Gasteiger partial charge in [0.2, 0.25) is 0 Å². The minimum absolute atomic E-state index is 0.00429. The van der Waals surface area contributed by atoms with Crippen LogP contribution in [0.4, 0.5) is 0 Å². The molecular formula is C48H73NO8S. The lowest BCUT2D eigenvalue weighted by atomic mass is 9.75. The third-order valence-corrected chi connectivity index (χ3v) is 14.9. The van der Waals surface area contributed by atoms with Crippen LogP contribution < -0.4 is 19.5 Å². The fourth-order valence-corrected chi connectivity index (χ4v) is 11.3. The number of carbonyl (C=O) groups is 1. The Kier molecular flexibility index (Phi) is 15.6. The molecular weight excluding hydrogens is 751 g/mol. The normalized spacial score (nSPS) is 29.8. The minimum Gasteiger partial charge on any atom is -0.494 e. The van der Waals surface area contributed by atoms with Crippen LogP contribution in [0.25, 0.3) is 6.08 Å². The van der Waals surface area contributed by atoms with E-state index < -0.39 is 22.4 Å². The van der Waals surface area contributed by atoms with Gasteiger partial charge >= 0.3 is 5.97 Å². The molecule has 0 spiro atoms. The maximum atomic E-state index is 14.4. The molecule has 9 atom stereocenters. The van der Waals surface area contributed by atoms with Crippen molar-refractivity contribution in [3.05, 3.63) is 57.7 Å². The van der Waals surface area contributed by atoms with E-state index in [1.165, 1.54) is 18.9 Å². The van der Waals surface area contributed by atoms with Gasteiger partial charge in [0.1, 0.15) is 42.1 Å². The summed E-state index contributed by atoms with van der Waals surface area (Å²) in [6, 6.07) is 3.96. The molecule has 0 saturated heterocycles. The van der Waals surface area contributed by atoms with E-state index in [0.717, 1.165) is 51.4 Å². The molecule has 324 valence electrons. The zero-order valence-corrected chi connectivity index (χ0v) is 37.8. The van der Waals surface area contributed by atoms with Crippen molar-refractivity contribution >= 4 is 21.9 Å². The molecule has 4 aliphatic carbocycles. The second kappa shape index (κ2) is 19.8. The van der Waals surface area contributed by atoms with Crippen LogP contribution >= 0.6 is 0 Å². The Morgan fingerprint density at radius 2 is 1.24 bits per heavy atom. The fourth-order valence-electron chi connectivity index (χ4n) is 10.0.